The summed E-state index contributed by atoms with van der Waals surface area (Å²) in [6, 6.07) is 16.9. The molecule has 0 heterocycles. The summed E-state index contributed by atoms with van der Waals surface area (Å²) in [4.78, 5) is 0. The van der Waals surface area contributed by atoms with Gasteiger partial charge in [0, 0.05) is 12.2 Å². The van der Waals surface area contributed by atoms with E-state index < -0.39 is 6.10 Å². The van der Waals surface area contributed by atoms with Crippen LogP contribution >= 0.6 is 11.6 Å². The number of aliphatic hydroxyl groups excluding tert-OH is 1. The van der Waals surface area contributed by atoms with Crippen LogP contribution in [-0.2, 0) is 5.41 Å². The lowest BCUT2D eigenvalue weighted by molar-refractivity contribution is 0.211. The predicted molar refractivity (Wildman–Crippen MR) is 95.8 cm³/mol. The van der Waals surface area contributed by atoms with Crippen molar-refractivity contribution >= 4 is 17.3 Å². The van der Waals surface area contributed by atoms with Gasteiger partial charge in [-0.1, -0.05) is 57.2 Å². The predicted octanol–water partition coefficient (Wildman–Crippen LogP) is 4.66. The number of hydrogen-bond donors (Lipinski definition) is 2. The van der Waals surface area contributed by atoms with Crippen LogP contribution in [0.5, 0.6) is 0 Å². The average molecular weight is 318 g/mol. The van der Waals surface area contributed by atoms with Gasteiger partial charge in [-0.05, 0) is 34.2 Å². The van der Waals surface area contributed by atoms with E-state index >= 15 is 0 Å². The monoisotopic (exact) mass is 317 g/mol. The van der Waals surface area contributed by atoms with Crippen LogP contribution in [0, 0.1) is 0 Å². The number of halogens is 1. The van der Waals surface area contributed by atoms with E-state index in [0.29, 0.717) is 6.54 Å². The zero-order chi connectivity index (χ0) is 16.2. The highest BCUT2D eigenvalue weighted by atomic mass is 35.5. The molecule has 118 valence electrons. The summed E-state index contributed by atoms with van der Waals surface area (Å²) in [5, 5.41) is 12.6. The number of alkyl halides is 1. The molecule has 0 aliphatic carbocycles. The van der Waals surface area contributed by atoms with Crippen LogP contribution in [0.3, 0.4) is 0 Å². The first-order chi connectivity index (χ1) is 10.4. The molecule has 1 unspecified atom stereocenters. The lowest BCUT2D eigenvalue weighted by Crippen LogP contribution is -2.20. The summed E-state index contributed by atoms with van der Waals surface area (Å²) in [5.41, 5.74) is 4.89. The summed E-state index contributed by atoms with van der Waals surface area (Å²) in [7, 11) is 0. The molecule has 0 fully saturated rings. The van der Waals surface area contributed by atoms with Gasteiger partial charge in [-0.3, -0.25) is 0 Å². The molecule has 0 amide bonds. The first-order valence-corrected chi connectivity index (χ1v) is 8.12. The minimum absolute atomic E-state index is 0.176. The van der Waals surface area contributed by atoms with Crippen molar-refractivity contribution < 1.29 is 5.11 Å². The van der Waals surface area contributed by atoms with E-state index in [1.807, 2.05) is 12.1 Å². The molecule has 2 aromatic carbocycles. The highest BCUT2D eigenvalue weighted by Crippen LogP contribution is 2.26. The normalized spacial score (nSPS) is 13.0. The van der Waals surface area contributed by atoms with Crippen LogP contribution in [0.2, 0.25) is 0 Å². The number of anilines is 1. The SMILES string of the molecule is CC(C)(C)c1ccc(-c2ccc(NCC(O)CCl)cc2)cc1. The topological polar surface area (TPSA) is 32.3 Å². The Kier molecular flexibility index (Phi) is 5.49. The Labute approximate surface area is 138 Å². The fraction of sp³-hybridized carbons (Fsp3) is 0.368. The molecule has 0 aliphatic rings. The molecule has 2 rings (SSSR count). The van der Waals surface area contributed by atoms with Crippen LogP contribution in [0.25, 0.3) is 11.1 Å². The highest BCUT2D eigenvalue weighted by Gasteiger charge is 2.13. The molecular formula is C19H24ClNO. The number of nitrogens with one attached hydrogen (secondary N) is 1. The van der Waals surface area contributed by atoms with Crippen molar-refractivity contribution in [3.05, 3.63) is 54.1 Å². The lowest BCUT2D eigenvalue weighted by atomic mass is 9.86. The quantitative estimate of drug-likeness (QED) is 0.786. The Morgan fingerprint density at radius 3 is 1.91 bits per heavy atom. The van der Waals surface area contributed by atoms with Crippen molar-refractivity contribution in [2.75, 3.05) is 17.7 Å². The second-order valence-corrected chi connectivity index (χ2v) is 6.90. The van der Waals surface area contributed by atoms with Gasteiger partial charge in [-0.2, -0.15) is 0 Å². The van der Waals surface area contributed by atoms with Gasteiger partial charge in [0.05, 0.1) is 12.0 Å². The van der Waals surface area contributed by atoms with E-state index in [0.717, 1.165) is 5.69 Å². The second-order valence-electron chi connectivity index (χ2n) is 6.59. The van der Waals surface area contributed by atoms with Gasteiger partial charge < -0.3 is 10.4 Å². The van der Waals surface area contributed by atoms with Gasteiger partial charge in [0.2, 0.25) is 0 Å². The Morgan fingerprint density at radius 1 is 0.955 bits per heavy atom. The summed E-state index contributed by atoms with van der Waals surface area (Å²) < 4.78 is 0. The maximum absolute atomic E-state index is 9.45. The molecule has 0 spiro atoms. The molecule has 22 heavy (non-hydrogen) atoms. The first-order valence-electron chi connectivity index (χ1n) is 7.59. The van der Waals surface area contributed by atoms with E-state index in [9.17, 15) is 5.11 Å². The number of aliphatic hydroxyl groups is 1. The Bertz CT molecular complexity index is 584. The van der Waals surface area contributed by atoms with Gasteiger partial charge in [-0.15, -0.1) is 11.6 Å². The van der Waals surface area contributed by atoms with Crippen molar-refractivity contribution in [1.29, 1.82) is 0 Å². The standard InChI is InChI=1S/C19H24ClNO/c1-19(2,3)16-8-4-14(5-9-16)15-6-10-17(11-7-15)21-13-18(22)12-20/h4-11,18,21-22H,12-13H2,1-3H3. The van der Waals surface area contributed by atoms with Crippen molar-refractivity contribution in [3.8, 4) is 11.1 Å². The van der Waals surface area contributed by atoms with Gasteiger partial charge in [-0.25, -0.2) is 0 Å². The summed E-state index contributed by atoms with van der Waals surface area (Å²) in [6.07, 6.45) is -0.522. The van der Waals surface area contributed by atoms with Crippen molar-refractivity contribution in [2.45, 2.75) is 32.3 Å². The zero-order valence-electron chi connectivity index (χ0n) is 13.4. The summed E-state index contributed by atoms with van der Waals surface area (Å²) in [6.45, 7) is 7.12. The molecule has 2 nitrogen and oxygen atoms in total. The number of benzene rings is 2. The second kappa shape index (κ2) is 7.17. The van der Waals surface area contributed by atoms with Crippen molar-refractivity contribution in [2.24, 2.45) is 0 Å². The van der Waals surface area contributed by atoms with Gasteiger partial charge in [0.15, 0.2) is 0 Å². The van der Waals surface area contributed by atoms with Crippen molar-refractivity contribution in [3.63, 3.8) is 0 Å². The van der Waals surface area contributed by atoms with Crippen LogP contribution in [0.1, 0.15) is 26.3 Å². The molecule has 1 atom stereocenters. The van der Waals surface area contributed by atoms with E-state index in [4.69, 9.17) is 11.6 Å². The molecule has 0 aliphatic heterocycles. The van der Waals surface area contributed by atoms with Gasteiger partial charge in [0.1, 0.15) is 0 Å². The molecule has 0 saturated carbocycles. The molecule has 0 bridgehead atoms. The third kappa shape index (κ3) is 4.49. The molecule has 2 N–H and O–H groups in total. The summed E-state index contributed by atoms with van der Waals surface area (Å²) in [5.74, 6) is 0.241. The molecule has 0 aromatic heterocycles. The third-order valence-corrected chi connectivity index (χ3v) is 4.05. The number of rotatable bonds is 5. The number of hydrogen-bond acceptors (Lipinski definition) is 2. The maximum Gasteiger partial charge on any atom is 0.0847 e. The first kappa shape index (κ1) is 16.9. The van der Waals surface area contributed by atoms with E-state index in [2.05, 4.69) is 62.5 Å². The Balaban J connectivity index is 2.07. The van der Waals surface area contributed by atoms with Gasteiger partial charge >= 0.3 is 0 Å². The molecule has 3 heteroatoms. The smallest absolute Gasteiger partial charge is 0.0847 e. The zero-order valence-corrected chi connectivity index (χ0v) is 14.2. The minimum Gasteiger partial charge on any atom is -0.390 e. The van der Waals surface area contributed by atoms with Crippen LogP contribution in [0.15, 0.2) is 48.5 Å². The van der Waals surface area contributed by atoms with E-state index in [1.165, 1.54) is 16.7 Å². The fourth-order valence-corrected chi connectivity index (χ4v) is 2.34. The molecular weight excluding hydrogens is 294 g/mol. The summed E-state index contributed by atoms with van der Waals surface area (Å²) >= 11 is 5.58. The average Bonchev–Trinajstić information content (AvgIpc) is 2.52. The Morgan fingerprint density at radius 2 is 1.45 bits per heavy atom. The van der Waals surface area contributed by atoms with E-state index in [-0.39, 0.29) is 11.3 Å². The van der Waals surface area contributed by atoms with Crippen molar-refractivity contribution in [1.82, 2.24) is 0 Å². The third-order valence-electron chi connectivity index (χ3n) is 3.69. The van der Waals surface area contributed by atoms with Gasteiger partial charge in [0.25, 0.3) is 0 Å². The highest BCUT2D eigenvalue weighted by molar-refractivity contribution is 6.18. The van der Waals surface area contributed by atoms with Crippen LogP contribution in [0.4, 0.5) is 5.69 Å². The minimum atomic E-state index is -0.522. The Hall–Kier alpha value is -1.51. The van der Waals surface area contributed by atoms with Crippen LogP contribution in [-0.4, -0.2) is 23.6 Å². The molecule has 0 saturated heterocycles. The molecule has 2 aromatic rings. The van der Waals surface area contributed by atoms with Crippen LogP contribution < -0.4 is 5.32 Å². The fourth-order valence-electron chi connectivity index (χ4n) is 2.23. The van der Waals surface area contributed by atoms with E-state index in [1.54, 1.807) is 0 Å². The maximum atomic E-state index is 9.45. The largest absolute Gasteiger partial charge is 0.390 e. The molecule has 0 radical (unpaired) electrons. The lowest BCUT2D eigenvalue weighted by Gasteiger charge is -2.19.